The van der Waals surface area contributed by atoms with E-state index in [1.165, 1.54) is 0 Å². The highest BCUT2D eigenvalue weighted by atomic mass is 35.5. The summed E-state index contributed by atoms with van der Waals surface area (Å²) in [6.07, 6.45) is 0.00463. The minimum atomic E-state index is -0.873. The normalized spacial score (nSPS) is 18.5. The number of rotatable bonds is 5. The van der Waals surface area contributed by atoms with Crippen molar-refractivity contribution in [3.05, 3.63) is 34.9 Å². The molecule has 1 aliphatic heterocycles. The fraction of sp³-hybridized carbons (Fsp3) is 0.385. The Morgan fingerprint density at radius 3 is 3.00 bits per heavy atom. The monoisotopic (exact) mass is 283 g/mol. The van der Waals surface area contributed by atoms with Crippen molar-refractivity contribution in [2.45, 2.75) is 25.4 Å². The maximum absolute atomic E-state index is 11.6. The van der Waals surface area contributed by atoms with Crippen LogP contribution in [0.5, 0.6) is 0 Å². The lowest BCUT2D eigenvalue weighted by atomic mass is 10.1. The van der Waals surface area contributed by atoms with E-state index in [2.05, 4.69) is 0 Å². The molecule has 1 N–H and O–H groups in total. The highest BCUT2D eigenvalue weighted by Crippen LogP contribution is 2.21. The SMILES string of the molecule is O=C(O)CCC1COC(=O)N1Cc1cccc(Cl)c1. The molecule has 1 aliphatic rings. The average Bonchev–Trinajstić information content (AvgIpc) is 2.68. The molecule has 0 saturated carbocycles. The molecule has 2 rings (SSSR count). The van der Waals surface area contributed by atoms with Crippen LogP contribution in [0.25, 0.3) is 0 Å². The maximum atomic E-state index is 11.6. The first-order valence-electron chi connectivity index (χ1n) is 5.96. The molecule has 1 atom stereocenters. The minimum Gasteiger partial charge on any atom is -0.481 e. The Morgan fingerprint density at radius 2 is 2.32 bits per heavy atom. The summed E-state index contributed by atoms with van der Waals surface area (Å²) < 4.78 is 4.97. The van der Waals surface area contributed by atoms with Crippen molar-refractivity contribution in [2.75, 3.05) is 6.61 Å². The number of carbonyl (C=O) groups excluding carboxylic acids is 1. The third kappa shape index (κ3) is 3.61. The number of ether oxygens (including phenoxy) is 1. The Hall–Kier alpha value is -1.75. The van der Waals surface area contributed by atoms with Gasteiger partial charge in [-0.1, -0.05) is 23.7 Å². The fourth-order valence-corrected chi connectivity index (χ4v) is 2.26. The molecule has 1 saturated heterocycles. The number of carbonyl (C=O) groups is 2. The molecule has 6 heteroatoms. The van der Waals surface area contributed by atoms with Gasteiger partial charge in [0.05, 0.1) is 6.04 Å². The van der Waals surface area contributed by atoms with Crippen LogP contribution in [0.15, 0.2) is 24.3 Å². The largest absolute Gasteiger partial charge is 0.481 e. The van der Waals surface area contributed by atoms with Crippen molar-refractivity contribution in [1.82, 2.24) is 4.90 Å². The lowest BCUT2D eigenvalue weighted by Gasteiger charge is -2.20. The molecule has 1 aromatic rings. The number of carboxylic acid groups (broad SMARTS) is 1. The summed E-state index contributed by atoms with van der Waals surface area (Å²) in [6, 6.07) is 7.02. The summed E-state index contributed by atoms with van der Waals surface area (Å²) in [4.78, 5) is 23.8. The van der Waals surface area contributed by atoms with E-state index in [1.54, 1.807) is 17.0 Å². The Bertz CT molecular complexity index is 491. The quantitative estimate of drug-likeness (QED) is 0.902. The third-order valence-corrected chi connectivity index (χ3v) is 3.24. The molecule has 0 spiro atoms. The zero-order chi connectivity index (χ0) is 13.8. The summed E-state index contributed by atoms with van der Waals surface area (Å²) in [5.74, 6) is -0.873. The molecule has 0 radical (unpaired) electrons. The molecule has 1 heterocycles. The van der Waals surface area contributed by atoms with Crippen LogP contribution in [0.1, 0.15) is 18.4 Å². The number of nitrogens with zero attached hydrogens (tertiary/aromatic N) is 1. The number of hydrogen-bond acceptors (Lipinski definition) is 3. The van der Waals surface area contributed by atoms with Gasteiger partial charge in [-0.3, -0.25) is 9.69 Å². The maximum Gasteiger partial charge on any atom is 0.410 e. The molecule has 5 nitrogen and oxygen atoms in total. The van der Waals surface area contributed by atoms with Gasteiger partial charge < -0.3 is 9.84 Å². The van der Waals surface area contributed by atoms with E-state index in [0.29, 0.717) is 18.0 Å². The zero-order valence-electron chi connectivity index (χ0n) is 10.2. The van der Waals surface area contributed by atoms with Crippen LogP contribution >= 0.6 is 11.6 Å². The van der Waals surface area contributed by atoms with Gasteiger partial charge in [0, 0.05) is 18.0 Å². The van der Waals surface area contributed by atoms with Crippen LogP contribution in [0, 0.1) is 0 Å². The van der Waals surface area contributed by atoms with Crippen molar-refractivity contribution in [3.63, 3.8) is 0 Å². The van der Waals surface area contributed by atoms with E-state index in [-0.39, 0.29) is 19.1 Å². The van der Waals surface area contributed by atoms with Crippen molar-refractivity contribution in [2.24, 2.45) is 0 Å². The lowest BCUT2D eigenvalue weighted by molar-refractivity contribution is -0.137. The smallest absolute Gasteiger partial charge is 0.410 e. The van der Waals surface area contributed by atoms with E-state index in [0.717, 1.165) is 5.56 Å². The Labute approximate surface area is 115 Å². The van der Waals surface area contributed by atoms with Crippen LogP contribution in [0.4, 0.5) is 4.79 Å². The molecule has 0 aliphatic carbocycles. The van der Waals surface area contributed by atoms with Crippen LogP contribution in [-0.4, -0.2) is 34.7 Å². The number of benzene rings is 1. The van der Waals surface area contributed by atoms with Crippen LogP contribution < -0.4 is 0 Å². The van der Waals surface area contributed by atoms with E-state index >= 15 is 0 Å². The Morgan fingerprint density at radius 1 is 1.53 bits per heavy atom. The van der Waals surface area contributed by atoms with Crippen molar-refractivity contribution < 1.29 is 19.4 Å². The molecule has 0 bridgehead atoms. The van der Waals surface area contributed by atoms with Crippen molar-refractivity contribution in [1.29, 1.82) is 0 Å². The van der Waals surface area contributed by atoms with Crippen molar-refractivity contribution in [3.8, 4) is 0 Å². The zero-order valence-corrected chi connectivity index (χ0v) is 11.0. The molecule has 1 unspecified atom stereocenters. The van der Waals surface area contributed by atoms with E-state index in [9.17, 15) is 9.59 Å². The van der Waals surface area contributed by atoms with Gasteiger partial charge in [-0.25, -0.2) is 4.79 Å². The van der Waals surface area contributed by atoms with Crippen molar-refractivity contribution >= 4 is 23.7 Å². The standard InChI is InChI=1S/C13H14ClNO4/c14-10-3-1-2-9(6-10)7-15-11(4-5-12(16)17)8-19-13(15)18/h1-3,6,11H,4-5,7-8H2,(H,16,17). The number of aliphatic carboxylic acids is 1. The average molecular weight is 284 g/mol. The first-order chi connectivity index (χ1) is 9.06. The Kier molecular flexibility index (Phi) is 4.27. The van der Waals surface area contributed by atoms with E-state index in [4.69, 9.17) is 21.4 Å². The van der Waals surface area contributed by atoms with Crippen LogP contribution in [-0.2, 0) is 16.1 Å². The summed E-state index contributed by atoms with van der Waals surface area (Å²) in [5.41, 5.74) is 0.895. The third-order valence-electron chi connectivity index (χ3n) is 3.01. The van der Waals surface area contributed by atoms with Gasteiger partial charge in [-0.2, -0.15) is 0 Å². The highest BCUT2D eigenvalue weighted by Gasteiger charge is 2.32. The minimum absolute atomic E-state index is 0.0212. The van der Waals surface area contributed by atoms with E-state index in [1.807, 2.05) is 12.1 Å². The van der Waals surface area contributed by atoms with Gasteiger partial charge in [0.2, 0.25) is 0 Å². The summed E-state index contributed by atoms with van der Waals surface area (Å²) in [6.45, 7) is 0.621. The molecule has 1 amide bonds. The first-order valence-corrected chi connectivity index (χ1v) is 6.33. The van der Waals surface area contributed by atoms with Gasteiger partial charge in [-0.05, 0) is 24.1 Å². The van der Waals surface area contributed by atoms with Gasteiger partial charge in [0.25, 0.3) is 0 Å². The number of hydrogen-bond donors (Lipinski definition) is 1. The second kappa shape index (κ2) is 5.93. The number of amides is 1. The number of cyclic esters (lactones) is 1. The van der Waals surface area contributed by atoms with Gasteiger partial charge in [0.1, 0.15) is 6.61 Å². The van der Waals surface area contributed by atoms with Crippen LogP contribution in [0.3, 0.4) is 0 Å². The number of halogens is 1. The Balaban J connectivity index is 2.03. The number of carboxylic acids is 1. The molecule has 102 valence electrons. The molecule has 1 fully saturated rings. The molecular formula is C13H14ClNO4. The first kappa shape index (κ1) is 13.7. The predicted octanol–water partition coefficient (Wildman–Crippen LogP) is 2.53. The molecule has 19 heavy (non-hydrogen) atoms. The van der Waals surface area contributed by atoms with Gasteiger partial charge in [0.15, 0.2) is 0 Å². The fourth-order valence-electron chi connectivity index (χ4n) is 2.04. The van der Waals surface area contributed by atoms with Crippen LogP contribution in [0.2, 0.25) is 5.02 Å². The summed E-state index contributed by atoms with van der Waals surface area (Å²) in [7, 11) is 0. The van der Waals surface area contributed by atoms with Gasteiger partial charge >= 0.3 is 12.1 Å². The second-order valence-corrected chi connectivity index (χ2v) is 4.86. The summed E-state index contributed by atoms with van der Waals surface area (Å²) >= 11 is 5.89. The highest BCUT2D eigenvalue weighted by molar-refractivity contribution is 6.30. The second-order valence-electron chi connectivity index (χ2n) is 4.42. The van der Waals surface area contributed by atoms with E-state index < -0.39 is 12.1 Å². The van der Waals surface area contributed by atoms with Gasteiger partial charge in [-0.15, -0.1) is 0 Å². The topological polar surface area (TPSA) is 66.8 Å². The summed E-state index contributed by atoms with van der Waals surface area (Å²) in [5, 5.41) is 9.29. The predicted molar refractivity (Wildman–Crippen MR) is 69.0 cm³/mol. The molecule has 0 aromatic heterocycles. The molecular weight excluding hydrogens is 270 g/mol. The lowest BCUT2D eigenvalue weighted by Crippen LogP contribution is -2.33. The molecule has 1 aromatic carbocycles.